The fourth-order valence-electron chi connectivity index (χ4n) is 2.87. The minimum Gasteiger partial charge on any atom is -0.341 e. The second-order valence-electron chi connectivity index (χ2n) is 6.25. The van der Waals surface area contributed by atoms with Crippen LogP contribution in [0.1, 0.15) is 30.7 Å². The number of nitrogens with zero attached hydrogens (tertiary/aromatic N) is 3. The zero-order chi connectivity index (χ0) is 18.7. The molecule has 0 unspecified atom stereocenters. The first-order valence-corrected chi connectivity index (χ1v) is 9.88. The van der Waals surface area contributed by atoms with Crippen LogP contribution in [-0.4, -0.2) is 31.5 Å². The SMILES string of the molecule is Cc1cc(CNS(=O)(=O)c2cc(F)ccc2F)nc(N2CCCCC2)n1. The Balaban J connectivity index is 1.78. The molecule has 1 N–H and O–H groups in total. The molecule has 1 aliphatic rings. The summed E-state index contributed by atoms with van der Waals surface area (Å²) in [6, 6.07) is 3.97. The van der Waals surface area contributed by atoms with Crippen molar-refractivity contribution in [3.8, 4) is 0 Å². The lowest BCUT2D eigenvalue weighted by molar-refractivity contribution is 0.544. The van der Waals surface area contributed by atoms with Crippen LogP contribution in [0.15, 0.2) is 29.2 Å². The Labute approximate surface area is 151 Å². The van der Waals surface area contributed by atoms with E-state index < -0.39 is 26.6 Å². The van der Waals surface area contributed by atoms with Crippen LogP contribution in [0.2, 0.25) is 0 Å². The number of hydrogen-bond donors (Lipinski definition) is 1. The Morgan fingerprint density at radius 2 is 1.85 bits per heavy atom. The summed E-state index contributed by atoms with van der Waals surface area (Å²) in [5.74, 6) is -1.26. The highest BCUT2D eigenvalue weighted by Crippen LogP contribution is 2.18. The molecule has 1 aromatic carbocycles. The summed E-state index contributed by atoms with van der Waals surface area (Å²) in [5.41, 5.74) is 1.19. The average molecular weight is 382 g/mol. The van der Waals surface area contributed by atoms with E-state index in [9.17, 15) is 17.2 Å². The minimum atomic E-state index is -4.20. The minimum absolute atomic E-state index is 0.136. The Hall–Kier alpha value is -2.13. The summed E-state index contributed by atoms with van der Waals surface area (Å²) in [4.78, 5) is 10.2. The number of anilines is 1. The van der Waals surface area contributed by atoms with Gasteiger partial charge >= 0.3 is 0 Å². The molecule has 1 aromatic heterocycles. The molecule has 6 nitrogen and oxygen atoms in total. The van der Waals surface area contributed by atoms with Gasteiger partial charge in [-0.1, -0.05) is 0 Å². The number of hydrogen-bond acceptors (Lipinski definition) is 5. The Morgan fingerprint density at radius 1 is 1.12 bits per heavy atom. The van der Waals surface area contributed by atoms with Gasteiger partial charge in [-0.2, -0.15) is 0 Å². The topological polar surface area (TPSA) is 75.2 Å². The molecule has 2 aromatic rings. The van der Waals surface area contributed by atoms with Crippen molar-refractivity contribution in [3.05, 3.63) is 47.3 Å². The monoisotopic (exact) mass is 382 g/mol. The average Bonchev–Trinajstić information content (AvgIpc) is 2.62. The van der Waals surface area contributed by atoms with Gasteiger partial charge in [-0.25, -0.2) is 31.9 Å². The summed E-state index contributed by atoms with van der Waals surface area (Å²) in [6.45, 7) is 3.40. The van der Waals surface area contributed by atoms with Crippen LogP contribution in [0.25, 0.3) is 0 Å². The maximum Gasteiger partial charge on any atom is 0.243 e. The van der Waals surface area contributed by atoms with E-state index in [-0.39, 0.29) is 6.54 Å². The van der Waals surface area contributed by atoms with Crippen LogP contribution < -0.4 is 9.62 Å². The van der Waals surface area contributed by atoms with Crippen molar-refractivity contribution in [1.82, 2.24) is 14.7 Å². The summed E-state index contributed by atoms with van der Waals surface area (Å²) in [7, 11) is -4.20. The quantitative estimate of drug-likeness (QED) is 0.860. The molecule has 1 aliphatic heterocycles. The van der Waals surface area contributed by atoms with Gasteiger partial charge in [0.05, 0.1) is 12.2 Å². The molecule has 0 amide bonds. The van der Waals surface area contributed by atoms with Crippen LogP contribution in [0.3, 0.4) is 0 Å². The van der Waals surface area contributed by atoms with Crippen molar-refractivity contribution >= 4 is 16.0 Å². The van der Waals surface area contributed by atoms with Gasteiger partial charge in [0, 0.05) is 18.8 Å². The largest absolute Gasteiger partial charge is 0.341 e. The van der Waals surface area contributed by atoms with Gasteiger partial charge in [0.1, 0.15) is 16.5 Å². The van der Waals surface area contributed by atoms with Crippen molar-refractivity contribution < 1.29 is 17.2 Å². The zero-order valence-electron chi connectivity index (χ0n) is 14.4. The fraction of sp³-hybridized carbons (Fsp3) is 0.412. The first kappa shape index (κ1) is 18.7. The summed E-state index contributed by atoms with van der Waals surface area (Å²) >= 11 is 0. The normalized spacial score (nSPS) is 15.3. The zero-order valence-corrected chi connectivity index (χ0v) is 15.2. The van der Waals surface area contributed by atoms with Crippen molar-refractivity contribution in [3.63, 3.8) is 0 Å². The molecule has 0 bridgehead atoms. The van der Waals surface area contributed by atoms with Gasteiger partial charge < -0.3 is 4.90 Å². The molecule has 1 saturated heterocycles. The summed E-state index contributed by atoms with van der Waals surface area (Å²) in [6.07, 6.45) is 3.31. The highest BCUT2D eigenvalue weighted by molar-refractivity contribution is 7.89. The van der Waals surface area contributed by atoms with Crippen molar-refractivity contribution in [2.75, 3.05) is 18.0 Å². The summed E-state index contributed by atoms with van der Waals surface area (Å²) in [5, 5.41) is 0. The molecule has 1 fully saturated rings. The highest BCUT2D eigenvalue weighted by atomic mass is 32.2. The predicted octanol–water partition coefficient (Wildman–Crippen LogP) is 2.53. The molecule has 0 radical (unpaired) electrons. The van der Waals surface area contributed by atoms with E-state index in [1.165, 1.54) is 6.42 Å². The molecule has 0 aliphatic carbocycles. The third-order valence-corrected chi connectivity index (χ3v) is 5.58. The van der Waals surface area contributed by atoms with E-state index in [1.807, 2.05) is 0 Å². The molecule has 9 heteroatoms. The number of sulfonamides is 1. The predicted molar refractivity (Wildman–Crippen MR) is 93.2 cm³/mol. The van der Waals surface area contributed by atoms with Crippen LogP contribution in [-0.2, 0) is 16.6 Å². The van der Waals surface area contributed by atoms with Crippen LogP contribution in [0.5, 0.6) is 0 Å². The lowest BCUT2D eigenvalue weighted by atomic mass is 10.1. The summed E-state index contributed by atoms with van der Waals surface area (Å²) < 4.78 is 53.8. The molecule has 0 atom stereocenters. The molecule has 140 valence electrons. The van der Waals surface area contributed by atoms with E-state index >= 15 is 0 Å². The van der Waals surface area contributed by atoms with Crippen molar-refractivity contribution in [2.45, 2.75) is 37.6 Å². The molecule has 0 saturated carbocycles. The van der Waals surface area contributed by atoms with E-state index in [2.05, 4.69) is 19.6 Å². The number of halogens is 2. The van der Waals surface area contributed by atoms with Gasteiger partial charge in [-0.3, -0.25) is 0 Å². The van der Waals surface area contributed by atoms with Gasteiger partial charge in [0.15, 0.2) is 0 Å². The number of nitrogens with one attached hydrogen (secondary N) is 1. The van der Waals surface area contributed by atoms with Gasteiger partial charge in [-0.15, -0.1) is 0 Å². The molecular weight excluding hydrogens is 362 g/mol. The van der Waals surface area contributed by atoms with Crippen molar-refractivity contribution in [1.29, 1.82) is 0 Å². The second kappa shape index (κ2) is 7.63. The number of piperidine rings is 1. The number of aryl methyl sites for hydroxylation is 1. The maximum absolute atomic E-state index is 13.7. The molecule has 0 spiro atoms. The maximum atomic E-state index is 13.7. The highest BCUT2D eigenvalue weighted by Gasteiger charge is 2.21. The van der Waals surface area contributed by atoms with Gasteiger partial charge in [0.2, 0.25) is 16.0 Å². The van der Waals surface area contributed by atoms with Crippen LogP contribution in [0.4, 0.5) is 14.7 Å². The van der Waals surface area contributed by atoms with E-state index in [4.69, 9.17) is 0 Å². The fourth-order valence-corrected chi connectivity index (χ4v) is 3.96. The third-order valence-electron chi connectivity index (χ3n) is 4.16. The smallest absolute Gasteiger partial charge is 0.243 e. The standard InChI is InChI=1S/C17H20F2N4O2S/c1-12-9-14(22-17(21-12)23-7-3-2-4-8-23)11-20-26(24,25)16-10-13(18)5-6-15(16)19/h5-6,9-10,20H,2-4,7-8,11H2,1H3. The van der Waals surface area contributed by atoms with Crippen molar-refractivity contribution in [2.24, 2.45) is 0 Å². The first-order valence-electron chi connectivity index (χ1n) is 8.39. The number of aromatic nitrogens is 2. The van der Waals surface area contributed by atoms with Gasteiger partial charge in [0.25, 0.3) is 0 Å². The Morgan fingerprint density at radius 3 is 2.58 bits per heavy atom. The lowest BCUT2D eigenvalue weighted by Crippen LogP contribution is -2.32. The molecule has 3 rings (SSSR count). The van der Waals surface area contributed by atoms with E-state index in [0.717, 1.165) is 38.1 Å². The van der Waals surface area contributed by atoms with E-state index in [1.54, 1.807) is 13.0 Å². The van der Waals surface area contributed by atoms with E-state index in [0.29, 0.717) is 23.4 Å². The lowest BCUT2D eigenvalue weighted by Gasteiger charge is -2.27. The Kier molecular flexibility index (Phi) is 5.47. The Bertz CT molecular complexity index is 900. The molecule has 26 heavy (non-hydrogen) atoms. The van der Waals surface area contributed by atoms with Gasteiger partial charge in [-0.05, 0) is 50.5 Å². The second-order valence-corrected chi connectivity index (χ2v) is 7.98. The molecular formula is C17H20F2N4O2S. The third kappa shape index (κ3) is 4.34. The molecule has 2 heterocycles. The number of rotatable bonds is 5. The van der Waals surface area contributed by atoms with Crippen LogP contribution in [0, 0.1) is 18.6 Å². The van der Waals surface area contributed by atoms with Crippen LogP contribution >= 0.6 is 0 Å². The first-order chi connectivity index (χ1) is 12.3. The number of benzene rings is 1.